The van der Waals surface area contributed by atoms with Crippen LogP contribution in [0.15, 0.2) is 18.2 Å². The Morgan fingerprint density at radius 3 is 2.85 bits per heavy atom. The third-order valence-corrected chi connectivity index (χ3v) is 4.27. The first-order valence-corrected chi connectivity index (χ1v) is 8.02. The molecule has 1 unspecified atom stereocenters. The Hall–Kier alpha value is -1.09. The Morgan fingerprint density at radius 2 is 2.10 bits per heavy atom. The SMILES string of the molecule is CCNCc1cccc(F)c1N1CCCCCC1CC. The third kappa shape index (κ3) is 3.51. The van der Waals surface area contributed by atoms with Gasteiger partial charge in [0.2, 0.25) is 0 Å². The van der Waals surface area contributed by atoms with Gasteiger partial charge in [-0.15, -0.1) is 0 Å². The molecule has 0 aromatic heterocycles. The van der Waals surface area contributed by atoms with E-state index in [0.29, 0.717) is 6.04 Å². The number of rotatable bonds is 5. The molecule has 1 aromatic rings. The van der Waals surface area contributed by atoms with Gasteiger partial charge in [0.1, 0.15) is 5.82 Å². The zero-order chi connectivity index (χ0) is 14.4. The Morgan fingerprint density at radius 1 is 1.25 bits per heavy atom. The van der Waals surface area contributed by atoms with E-state index in [1.807, 2.05) is 6.07 Å². The number of hydrogen-bond acceptors (Lipinski definition) is 2. The second kappa shape index (κ2) is 7.63. The molecule has 1 saturated heterocycles. The zero-order valence-corrected chi connectivity index (χ0v) is 12.8. The van der Waals surface area contributed by atoms with Crippen molar-refractivity contribution in [3.63, 3.8) is 0 Å². The fourth-order valence-corrected chi connectivity index (χ4v) is 3.18. The Balaban J connectivity index is 2.32. The van der Waals surface area contributed by atoms with Gasteiger partial charge in [-0.25, -0.2) is 4.39 Å². The molecule has 20 heavy (non-hydrogen) atoms. The van der Waals surface area contributed by atoms with Crippen molar-refractivity contribution in [1.82, 2.24) is 5.32 Å². The van der Waals surface area contributed by atoms with Crippen LogP contribution in [0.25, 0.3) is 0 Å². The molecule has 0 aliphatic carbocycles. The van der Waals surface area contributed by atoms with E-state index in [0.717, 1.165) is 37.3 Å². The Labute approximate surface area is 122 Å². The highest BCUT2D eigenvalue weighted by Crippen LogP contribution is 2.31. The molecule has 1 fully saturated rings. The maximum Gasteiger partial charge on any atom is 0.146 e. The molecule has 0 spiro atoms. The van der Waals surface area contributed by atoms with Crippen molar-refractivity contribution >= 4 is 5.69 Å². The number of hydrogen-bond donors (Lipinski definition) is 1. The van der Waals surface area contributed by atoms with Gasteiger partial charge in [-0.05, 0) is 37.4 Å². The minimum absolute atomic E-state index is 0.0687. The van der Waals surface area contributed by atoms with Gasteiger partial charge in [0.15, 0.2) is 0 Å². The van der Waals surface area contributed by atoms with Gasteiger partial charge in [-0.3, -0.25) is 0 Å². The van der Waals surface area contributed by atoms with Gasteiger partial charge in [0.25, 0.3) is 0 Å². The summed E-state index contributed by atoms with van der Waals surface area (Å²) in [5.41, 5.74) is 1.93. The fraction of sp³-hybridized carbons (Fsp3) is 0.647. The number of anilines is 1. The van der Waals surface area contributed by atoms with Crippen molar-refractivity contribution in [1.29, 1.82) is 0 Å². The number of halogens is 1. The molecule has 1 N–H and O–H groups in total. The van der Waals surface area contributed by atoms with E-state index in [1.165, 1.54) is 25.7 Å². The summed E-state index contributed by atoms with van der Waals surface area (Å²) >= 11 is 0. The van der Waals surface area contributed by atoms with Crippen molar-refractivity contribution in [2.24, 2.45) is 0 Å². The smallest absolute Gasteiger partial charge is 0.146 e. The van der Waals surface area contributed by atoms with Gasteiger partial charge >= 0.3 is 0 Å². The average molecular weight is 278 g/mol. The quantitative estimate of drug-likeness (QED) is 0.872. The maximum absolute atomic E-state index is 14.4. The van der Waals surface area contributed by atoms with E-state index < -0.39 is 0 Å². The number of benzene rings is 1. The summed E-state index contributed by atoms with van der Waals surface area (Å²) in [6.45, 7) is 6.94. The first-order chi connectivity index (χ1) is 9.77. The van der Waals surface area contributed by atoms with Crippen molar-refractivity contribution in [3.05, 3.63) is 29.6 Å². The lowest BCUT2D eigenvalue weighted by Gasteiger charge is -2.33. The van der Waals surface area contributed by atoms with Crippen molar-refractivity contribution < 1.29 is 4.39 Å². The van der Waals surface area contributed by atoms with Gasteiger partial charge in [0.05, 0.1) is 5.69 Å². The topological polar surface area (TPSA) is 15.3 Å². The van der Waals surface area contributed by atoms with Gasteiger partial charge in [-0.1, -0.05) is 38.8 Å². The highest BCUT2D eigenvalue weighted by Gasteiger charge is 2.24. The van der Waals surface area contributed by atoms with Crippen LogP contribution < -0.4 is 10.2 Å². The van der Waals surface area contributed by atoms with E-state index in [-0.39, 0.29) is 5.82 Å². The number of nitrogens with one attached hydrogen (secondary N) is 1. The molecule has 0 amide bonds. The van der Waals surface area contributed by atoms with Crippen LogP contribution >= 0.6 is 0 Å². The summed E-state index contributed by atoms with van der Waals surface area (Å²) in [7, 11) is 0. The van der Waals surface area contributed by atoms with Crippen LogP contribution in [-0.2, 0) is 6.54 Å². The summed E-state index contributed by atoms with van der Waals surface area (Å²) in [4.78, 5) is 2.33. The molecule has 1 heterocycles. The highest BCUT2D eigenvalue weighted by molar-refractivity contribution is 5.56. The molecule has 2 rings (SSSR count). The number of nitrogens with zero attached hydrogens (tertiary/aromatic N) is 1. The molecule has 1 atom stereocenters. The summed E-state index contributed by atoms with van der Waals surface area (Å²) in [5.74, 6) is -0.0687. The van der Waals surface area contributed by atoms with Crippen LogP contribution in [0.2, 0.25) is 0 Å². The molecule has 1 aromatic carbocycles. The van der Waals surface area contributed by atoms with Crippen LogP contribution in [0.3, 0.4) is 0 Å². The van der Waals surface area contributed by atoms with Crippen molar-refractivity contribution in [2.45, 2.75) is 58.5 Å². The first kappa shape index (κ1) is 15.3. The van der Waals surface area contributed by atoms with Crippen LogP contribution in [0.4, 0.5) is 10.1 Å². The summed E-state index contributed by atoms with van der Waals surface area (Å²) in [6, 6.07) is 5.96. The normalized spacial score (nSPS) is 19.9. The van der Waals surface area contributed by atoms with E-state index >= 15 is 0 Å². The lowest BCUT2D eigenvalue weighted by molar-refractivity contribution is 0.536. The van der Waals surface area contributed by atoms with E-state index in [2.05, 4.69) is 30.1 Å². The molecule has 0 saturated carbocycles. The molecule has 1 aliphatic heterocycles. The molecular weight excluding hydrogens is 251 g/mol. The molecule has 112 valence electrons. The standard InChI is InChI=1S/C17H27FN2/c1-3-15-10-6-5-7-12-20(15)17-14(13-19-4-2)9-8-11-16(17)18/h8-9,11,15,19H,3-7,10,12-13H2,1-2H3. The van der Waals surface area contributed by atoms with E-state index in [9.17, 15) is 4.39 Å². The summed E-state index contributed by atoms with van der Waals surface area (Å²) in [5, 5.41) is 3.33. The first-order valence-electron chi connectivity index (χ1n) is 8.02. The highest BCUT2D eigenvalue weighted by atomic mass is 19.1. The molecule has 0 bridgehead atoms. The predicted octanol–water partition coefficient (Wildman–Crippen LogP) is 4.09. The van der Waals surface area contributed by atoms with Gasteiger partial charge < -0.3 is 10.2 Å². The second-order valence-corrected chi connectivity index (χ2v) is 5.63. The lowest BCUT2D eigenvalue weighted by atomic mass is 10.0. The van der Waals surface area contributed by atoms with Crippen LogP contribution in [0.1, 0.15) is 51.5 Å². The zero-order valence-electron chi connectivity index (χ0n) is 12.8. The van der Waals surface area contributed by atoms with E-state index in [4.69, 9.17) is 0 Å². The summed E-state index contributed by atoms with van der Waals surface area (Å²) in [6.07, 6.45) is 5.99. The van der Waals surface area contributed by atoms with Crippen LogP contribution in [-0.4, -0.2) is 19.1 Å². The minimum atomic E-state index is -0.0687. The average Bonchev–Trinajstić information content (AvgIpc) is 2.70. The molecular formula is C17H27FN2. The maximum atomic E-state index is 14.4. The fourth-order valence-electron chi connectivity index (χ4n) is 3.18. The van der Waals surface area contributed by atoms with Gasteiger partial charge in [0, 0.05) is 19.1 Å². The Bertz CT molecular complexity index is 419. The Kier molecular flexibility index (Phi) is 5.84. The third-order valence-electron chi connectivity index (χ3n) is 4.27. The monoisotopic (exact) mass is 278 g/mol. The van der Waals surface area contributed by atoms with Crippen LogP contribution in [0.5, 0.6) is 0 Å². The van der Waals surface area contributed by atoms with Gasteiger partial charge in [-0.2, -0.15) is 0 Å². The molecule has 2 nitrogen and oxygen atoms in total. The number of para-hydroxylation sites is 1. The minimum Gasteiger partial charge on any atom is -0.366 e. The molecule has 3 heteroatoms. The van der Waals surface area contributed by atoms with Crippen molar-refractivity contribution in [2.75, 3.05) is 18.0 Å². The lowest BCUT2D eigenvalue weighted by Crippen LogP contribution is -2.36. The second-order valence-electron chi connectivity index (χ2n) is 5.63. The van der Waals surface area contributed by atoms with E-state index in [1.54, 1.807) is 6.07 Å². The largest absolute Gasteiger partial charge is 0.366 e. The summed E-state index contributed by atoms with van der Waals surface area (Å²) < 4.78 is 14.4. The van der Waals surface area contributed by atoms with Crippen molar-refractivity contribution in [3.8, 4) is 0 Å². The predicted molar refractivity (Wildman–Crippen MR) is 83.7 cm³/mol. The molecule has 0 radical (unpaired) electrons. The van der Waals surface area contributed by atoms with Crippen LogP contribution in [0, 0.1) is 5.82 Å². The molecule has 1 aliphatic rings.